The SMILES string of the molecule is CC([Se]c1ccccc1)S(=O)(=O)c1ccccc1. The van der Waals surface area contributed by atoms with Crippen molar-refractivity contribution in [2.75, 3.05) is 0 Å². The Morgan fingerprint density at radius 2 is 1.39 bits per heavy atom. The molecule has 0 amide bonds. The third-order valence-corrected chi connectivity index (χ3v) is 8.29. The van der Waals surface area contributed by atoms with Gasteiger partial charge < -0.3 is 0 Å². The molecule has 0 bridgehead atoms. The Morgan fingerprint density at radius 3 is 1.94 bits per heavy atom. The van der Waals surface area contributed by atoms with Crippen molar-refractivity contribution in [3.8, 4) is 0 Å². The summed E-state index contributed by atoms with van der Waals surface area (Å²) in [5.41, 5.74) is 0. The van der Waals surface area contributed by atoms with E-state index in [2.05, 4.69) is 0 Å². The first-order chi connectivity index (χ1) is 8.60. The number of hydrogen-bond acceptors (Lipinski definition) is 2. The zero-order valence-corrected chi connectivity index (χ0v) is 12.5. The van der Waals surface area contributed by atoms with Crippen molar-refractivity contribution >= 4 is 29.3 Å². The second-order valence-corrected chi connectivity index (χ2v) is 9.77. The molecule has 0 radical (unpaired) electrons. The van der Waals surface area contributed by atoms with E-state index in [1.807, 2.05) is 36.4 Å². The molecule has 0 aromatic heterocycles. The van der Waals surface area contributed by atoms with Crippen LogP contribution >= 0.6 is 0 Å². The maximum atomic E-state index is 12.4. The van der Waals surface area contributed by atoms with Crippen LogP contribution in [0.25, 0.3) is 0 Å². The minimum atomic E-state index is -3.21. The molecule has 18 heavy (non-hydrogen) atoms. The van der Waals surface area contributed by atoms with Crippen LogP contribution in [0.2, 0.25) is 0 Å². The van der Waals surface area contributed by atoms with Crippen LogP contribution in [-0.4, -0.2) is 27.5 Å². The van der Waals surface area contributed by atoms with Crippen molar-refractivity contribution in [1.82, 2.24) is 0 Å². The van der Waals surface area contributed by atoms with Gasteiger partial charge in [-0.25, -0.2) is 0 Å². The molecule has 0 saturated heterocycles. The van der Waals surface area contributed by atoms with Crippen LogP contribution in [0.3, 0.4) is 0 Å². The van der Waals surface area contributed by atoms with E-state index in [0.29, 0.717) is 4.90 Å². The fourth-order valence-electron chi connectivity index (χ4n) is 1.56. The average molecular weight is 325 g/mol. The molecular weight excluding hydrogens is 311 g/mol. The minimum absolute atomic E-state index is 0.0735. The van der Waals surface area contributed by atoms with Crippen molar-refractivity contribution in [2.24, 2.45) is 0 Å². The summed E-state index contributed by atoms with van der Waals surface area (Å²) in [5.74, 6) is 0. The molecule has 2 aromatic rings. The Labute approximate surface area is 114 Å². The van der Waals surface area contributed by atoms with Crippen LogP contribution < -0.4 is 4.46 Å². The molecule has 0 N–H and O–H groups in total. The predicted molar refractivity (Wildman–Crippen MR) is 74.9 cm³/mol. The molecule has 1 atom stereocenters. The molecule has 0 heterocycles. The molecule has 2 aromatic carbocycles. The molecular formula is C14H14O2SSe. The Bertz CT molecular complexity index is 594. The molecule has 0 fully saturated rings. The van der Waals surface area contributed by atoms with Gasteiger partial charge in [-0.3, -0.25) is 0 Å². The standard InChI is InChI=1S/C14H14O2SSe/c1-12(18-14-10-6-3-7-11-14)17(15,16)13-8-4-2-5-9-13/h2-12H,1H3. The summed E-state index contributed by atoms with van der Waals surface area (Å²) in [6.45, 7) is 1.79. The van der Waals surface area contributed by atoms with Gasteiger partial charge in [-0.1, -0.05) is 0 Å². The van der Waals surface area contributed by atoms with Gasteiger partial charge in [0, 0.05) is 0 Å². The average Bonchev–Trinajstić information content (AvgIpc) is 2.41. The number of rotatable bonds is 4. The van der Waals surface area contributed by atoms with E-state index in [0.717, 1.165) is 4.46 Å². The summed E-state index contributed by atoms with van der Waals surface area (Å²) < 4.78 is 25.5. The molecule has 1 unspecified atom stereocenters. The van der Waals surface area contributed by atoms with E-state index in [1.165, 1.54) is 0 Å². The summed E-state index contributed by atoms with van der Waals surface area (Å²) >= 11 is -0.0735. The summed E-state index contributed by atoms with van der Waals surface area (Å²) in [6, 6.07) is 18.5. The fourth-order valence-corrected chi connectivity index (χ4v) is 6.14. The molecule has 4 heteroatoms. The van der Waals surface area contributed by atoms with Crippen LogP contribution in [0, 0.1) is 0 Å². The van der Waals surface area contributed by atoms with Crippen LogP contribution in [0.1, 0.15) is 6.92 Å². The summed E-state index contributed by atoms with van der Waals surface area (Å²) in [7, 11) is -3.21. The Balaban J connectivity index is 2.21. The van der Waals surface area contributed by atoms with Gasteiger partial charge in [0.05, 0.1) is 0 Å². The quantitative estimate of drug-likeness (QED) is 0.804. The molecule has 0 spiro atoms. The molecule has 94 valence electrons. The second-order valence-electron chi connectivity index (χ2n) is 3.86. The van der Waals surface area contributed by atoms with Gasteiger partial charge in [0.25, 0.3) is 0 Å². The van der Waals surface area contributed by atoms with Crippen LogP contribution in [0.4, 0.5) is 0 Å². The van der Waals surface area contributed by atoms with Crippen LogP contribution in [0.5, 0.6) is 0 Å². The van der Waals surface area contributed by atoms with Gasteiger partial charge in [0.2, 0.25) is 0 Å². The first kappa shape index (κ1) is 13.3. The van der Waals surface area contributed by atoms with Gasteiger partial charge in [-0.05, 0) is 0 Å². The third-order valence-electron chi connectivity index (χ3n) is 2.55. The van der Waals surface area contributed by atoms with E-state index < -0.39 is 9.84 Å². The summed E-state index contributed by atoms with van der Waals surface area (Å²) in [5, 5.41) is 0. The molecule has 2 nitrogen and oxygen atoms in total. The van der Waals surface area contributed by atoms with Crippen molar-refractivity contribution in [3.05, 3.63) is 60.7 Å². The zero-order valence-electron chi connectivity index (χ0n) is 9.98. The summed E-state index contributed by atoms with van der Waals surface area (Å²) in [4.78, 5) is 0.412. The summed E-state index contributed by atoms with van der Waals surface area (Å²) in [6.07, 6.45) is 0. The van der Waals surface area contributed by atoms with Crippen molar-refractivity contribution in [1.29, 1.82) is 0 Å². The van der Waals surface area contributed by atoms with Gasteiger partial charge >= 0.3 is 114 Å². The van der Waals surface area contributed by atoms with Gasteiger partial charge in [-0.2, -0.15) is 0 Å². The number of sulfone groups is 1. The van der Waals surface area contributed by atoms with E-state index in [-0.39, 0.29) is 19.1 Å². The van der Waals surface area contributed by atoms with E-state index in [4.69, 9.17) is 0 Å². The molecule has 0 saturated carbocycles. The van der Waals surface area contributed by atoms with Crippen LogP contribution in [-0.2, 0) is 9.84 Å². The second kappa shape index (κ2) is 5.70. The van der Waals surface area contributed by atoms with E-state index in [1.54, 1.807) is 31.2 Å². The maximum absolute atomic E-state index is 12.4. The first-order valence-corrected chi connectivity index (χ1v) is 9.00. The monoisotopic (exact) mass is 326 g/mol. The van der Waals surface area contributed by atoms with Crippen LogP contribution in [0.15, 0.2) is 65.6 Å². The van der Waals surface area contributed by atoms with Gasteiger partial charge in [0.15, 0.2) is 0 Å². The molecule has 0 aliphatic heterocycles. The van der Waals surface area contributed by atoms with Crippen molar-refractivity contribution < 1.29 is 8.42 Å². The normalized spacial score (nSPS) is 13.2. The molecule has 0 aliphatic rings. The van der Waals surface area contributed by atoms with E-state index in [9.17, 15) is 8.42 Å². The van der Waals surface area contributed by atoms with Crippen molar-refractivity contribution in [3.63, 3.8) is 0 Å². The Kier molecular flexibility index (Phi) is 4.23. The zero-order chi connectivity index (χ0) is 13.0. The number of hydrogen-bond donors (Lipinski definition) is 0. The Morgan fingerprint density at radius 1 is 0.889 bits per heavy atom. The fraction of sp³-hybridized carbons (Fsp3) is 0.143. The van der Waals surface area contributed by atoms with Gasteiger partial charge in [-0.15, -0.1) is 0 Å². The first-order valence-electron chi connectivity index (χ1n) is 5.61. The molecule has 2 rings (SSSR count). The topological polar surface area (TPSA) is 34.1 Å². The van der Waals surface area contributed by atoms with Crippen molar-refractivity contribution in [2.45, 2.75) is 16.0 Å². The third kappa shape index (κ3) is 3.02. The predicted octanol–water partition coefficient (Wildman–Crippen LogP) is 1.84. The molecule has 0 aliphatic carbocycles. The number of benzene rings is 2. The van der Waals surface area contributed by atoms with E-state index >= 15 is 0 Å². The van der Waals surface area contributed by atoms with Gasteiger partial charge in [0.1, 0.15) is 0 Å². The Hall–Kier alpha value is -1.09.